The Kier molecular flexibility index (Phi) is 5.74. The molecule has 7 heteroatoms. The molecule has 5 nitrogen and oxygen atoms in total. The summed E-state index contributed by atoms with van der Waals surface area (Å²) in [4.78, 5) is 18.7. The van der Waals surface area contributed by atoms with Crippen LogP contribution in [0.15, 0.2) is 24.3 Å². The van der Waals surface area contributed by atoms with Crippen LogP contribution >= 0.6 is 23.7 Å². The Labute approximate surface area is 140 Å². The molecule has 1 fully saturated rings. The Morgan fingerprint density at radius 1 is 1.50 bits per heavy atom. The Balaban J connectivity index is 0.00000176. The number of para-hydroxylation sites is 1. The number of aromatic nitrogens is 1. The molecule has 2 aromatic rings. The average Bonchev–Trinajstić information content (AvgIpc) is 2.84. The number of carbonyl (C=O) groups excluding carboxylic acids is 1. The van der Waals surface area contributed by atoms with E-state index in [4.69, 9.17) is 5.73 Å². The Morgan fingerprint density at radius 2 is 2.27 bits per heavy atom. The summed E-state index contributed by atoms with van der Waals surface area (Å²) in [6, 6.07) is 8.15. The molecule has 1 aromatic heterocycles. The fourth-order valence-electron chi connectivity index (χ4n) is 2.68. The molecule has 2 heterocycles. The number of anilines is 1. The molecule has 120 valence electrons. The smallest absolute Gasteiger partial charge is 0.240 e. The van der Waals surface area contributed by atoms with Crippen LogP contribution in [0.2, 0.25) is 0 Å². The second-order valence-electron chi connectivity index (χ2n) is 5.70. The van der Waals surface area contributed by atoms with Gasteiger partial charge in [0.05, 0.1) is 16.8 Å². The van der Waals surface area contributed by atoms with Crippen molar-refractivity contribution in [1.29, 1.82) is 0 Å². The van der Waals surface area contributed by atoms with Gasteiger partial charge in [-0.3, -0.25) is 9.69 Å². The van der Waals surface area contributed by atoms with Gasteiger partial charge in [0.15, 0.2) is 5.13 Å². The first-order chi connectivity index (χ1) is 10.1. The van der Waals surface area contributed by atoms with E-state index in [0.717, 1.165) is 29.7 Å². The molecule has 22 heavy (non-hydrogen) atoms. The SMILES string of the molecule is CC1CN(CC(=O)Nc2nc3ccccc3s2)CCC1N.Cl. The summed E-state index contributed by atoms with van der Waals surface area (Å²) in [7, 11) is 0. The monoisotopic (exact) mass is 340 g/mol. The lowest BCUT2D eigenvalue weighted by molar-refractivity contribution is -0.117. The van der Waals surface area contributed by atoms with E-state index in [9.17, 15) is 4.79 Å². The van der Waals surface area contributed by atoms with Gasteiger partial charge in [-0.2, -0.15) is 0 Å². The largest absolute Gasteiger partial charge is 0.327 e. The molecule has 1 aliphatic heterocycles. The fraction of sp³-hybridized carbons (Fsp3) is 0.467. The van der Waals surface area contributed by atoms with Gasteiger partial charge in [-0.25, -0.2) is 4.98 Å². The number of piperidine rings is 1. The highest BCUT2D eigenvalue weighted by Gasteiger charge is 2.24. The topological polar surface area (TPSA) is 71.2 Å². The third-order valence-corrected chi connectivity index (χ3v) is 4.92. The predicted molar refractivity (Wildman–Crippen MR) is 93.7 cm³/mol. The molecule has 0 spiro atoms. The Morgan fingerprint density at radius 3 is 3.00 bits per heavy atom. The van der Waals surface area contributed by atoms with E-state index in [2.05, 4.69) is 22.1 Å². The maximum absolute atomic E-state index is 12.1. The minimum absolute atomic E-state index is 0. The van der Waals surface area contributed by atoms with Crippen molar-refractivity contribution in [3.05, 3.63) is 24.3 Å². The van der Waals surface area contributed by atoms with Crippen LogP contribution in [0.5, 0.6) is 0 Å². The number of amides is 1. The van der Waals surface area contributed by atoms with Crippen molar-refractivity contribution >= 4 is 45.0 Å². The number of nitrogens with zero attached hydrogens (tertiary/aromatic N) is 2. The van der Waals surface area contributed by atoms with E-state index in [0.29, 0.717) is 17.6 Å². The van der Waals surface area contributed by atoms with E-state index in [1.54, 1.807) is 0 Å². The maximum atomic E-state index is 12.1. The third-order valence-electron chi connectivity index (χ3n) is 3.96. The van der Waals surface area contributed by atoms with Gasteiger partial charge in [0.1, 0.15) is 0 Å². The van der Waals surface area contributed by atoms with Crippen LogP contribution in [0.25, 0.3) is 10.2 Å². The number of rotatable bonds is 3. The van der Waals surface area contributed by atoms with Crippen molar-refractivity contribution in [2.75, 3.05) is 25.0 Å². The summed E-state index contributed by atoms with van der Waals surface area (Å²) in [6.07, 6.45) is 0.954. The molecule has 3 rings (SSSR count). The molecule has 0 radical (unpaired) electrons. The summed E-state index contributed by atoms with van der Waals surface area (Å²) in [6.45, 7) is 4.32. The normalized spacial score (nSPS) is 22.3. The molecule has 0 bridgehead atoms. The number of benzene rings is 1. The molecule has 2 unspecified atom stereocenters. The van der Waals surface area contributed by atoms with Crippen LogP contribution in [0.1, 0.15) is 13.3 Å². The van der Waals surface area contributed by atoms with E-state index in [1.807, 2.05) is 24.3 Å². The minimum atomic E-state index is -0.00303. The summed E-state index contributed by atoms with van der Waals surface area (Å²) in [5.41, 5.74) is 6.93. The van der Waals surface area contributed by atoms with Gasteiger partial charge < -0.3 is 11.1 Å². The molecule has 1 amide bonds. The highest BCUT2D eigenvalue weighted by molar-refractivity contribution is 7.22. The van der Waals surface area contributed by atoms with Crippen molar-refractivity contribution in [3.63, 3.8) is 0 Å². The lowest BCUT2D eigenvalue weighted by Crippen LogP contribution is -2.48. The zero-order valence-corrected chi connectivity index (χ0v) is 14.1. The number of halogens is 1. The van der Waals surface area contributed by atoms with Crippen LogP contribution in [0, 0.1) is 5.92 Å². The molecular formula is C15H21ClN4OS. The standard InChI is InChI=1S/C15H20N4OS.ClH/c1-10-8-19(7-6-11(10)16)9-14(20)18-15-17-12-4-2-3-5-13(12)21-15;/h2-5,10-11H,6-9,16H2,1H3,(H,17,18,20);1H. The number of thiazole rings is 1. The Bertz CT molecular complexity index is 614. The minimum Gasteiger partial charge on any atom is -0.327 e. The zero-order valence-electron chi connectivity index (χ0n) is 12.5. The average molecular weight is 341 g/mol. The molecule has 0 saturated carbocycles. The summed E-state index contributed by atoms with van der Waals surface area (Å²) in [5, 5.41) is 3.57. The summed E-state index contributed by atoms with van der Waals surface area (Å²) >= 11 is 1.51. The summed E-state index contributed by atoms with van der Waals surface area (Å²) < 4.78 is 1.09. The van der Waals surface area contributed by atoms with Gasteiger partial charge in [0.25, 0.3) is 0 Å². The molecule has 1 saturated heterocycles. The van der Waals surface area contributed by atoms with Crippen molar-refractivity contribution < 1.29 is 4.79 Å². The van der Waals surface area contributed by atoms with Crippen molar-refractivity contribution in [1.82, 2.24) is 9.88 Å². The van der Waals surface area contributed by atoms with Crippen LogP contribution in [0.3, 0.4) is 0 Å². The molecule has 1 aromatic carbocycles. The van der Waals surface area contributed by atoms with Gasteiger partial charge in [-0.05, 0) is 24.5 Å². The van der Waals surface area contributed by atoms with Gasteiger partial charge in [0.2, 0.25) is 5.91 Å². The summed E-state index contributed by atoms with van der Waals surface area (Å²) in [5.74, 6) is 0.436. The van der Waals surface area contributed by atoms with Gasteiger partial charge in [-0.15, -0.1) is 12.4 Å². The molecule has 0 aliphatic carbocycles. The van der Waals surface area contributed by atoms with E-state index >= 15 is 0 Å². The first-order valence-corrected chi connectivity index (χ1v) is 8.07. The number of likely N-dealkylation sites (tertiary alicyclic amines) is 1. The first kappa shape index (κ1) is 17.1. The maximum Gasteiger partial charge on any atom is 0.240 e. The fourth-order valence-corrected chi connectivity index (χ4v) is 3.56. The second-order valence-corrected chi connectivity index (χ2v) is 6.73. The quantitative estimate of drug-likeness (QED) is 0.899. The number of hydrogen-bond donors (Lipinski definition) is 2. The Hall–Kier alpha value is -1.21. The number of nitrogens with two attached hydrogens (primary N) is 1. The first-order valence-electron chi connectivity index (χ1n) is 7.25. The number of nitrogens with one attached hydrogen (secondary N) is 1. The molecule has 1 aliphatic rings. The molecule has 3 N–H and O–H groups in total. The number of hydrogen-bond acceptors (Lipinski definition) is 5. The lowest BCUT2D eigenvalue weighted by Gasteiger charge is -2.34. The highest BCUT2D eigenvalue weighted by Crippen LogP contribution is 2.25. The lowest BCUT2D eigenvalue weighted by atomic mass is 9.95. The van der Waals surface area contributed by atoms with Crippen LogP contribution in [0.4, 0.5) is 5.13 Å². The van der Waals surface area contributed by atoms with E-state index < -0.39 is 0 Å². The predicted octanol–water partition coefficient (Wildman–Crippen LogP) is 2.33. The van der Waals surface area contributed by atoms with Gasteiger partial charge >= 0.3 is 0 Å². The number of carbonyl (C=O) groups is 1. The van der Waals surface area contributed by atoms with Crippen molar-refractivity contribution in [2.45, 2.75) is 19.4 Å². The number of fused-ring (bicyclic) bond motifs is 1. The van der Waals surface area contributed by atoms with E-state index in [-0.39, 0.29) is 24.4 Å². The second kappa shape index (κ2) is 7.37. The molecular weight excluding hydrogens is 320 g/mol. The van der Waals surface area contributed by atoms with E-state index in [1.165, 1.54) is 11.3 Å². The van der Waals surface area contributed by atoms with Crippen LogP contribution < -0.4 is 11.1 Å². The third kappa shape index (κ3) is 3.95. The van der Waals surface area contributed by atoms with Crippen LogP contribution in [-0.4, -0.2) is 41.5 Å². The van der Waals surface area contributed by atoms with Crippen molar-refractivity contribution in [3.8, 4) is 0 Å². The van der Waals surface area contributed by atoms with Crippen molar-refractivity contribution in [2.24, 2.45) is 11.7 Å². The van der Waals surface area contributed by atoms with Gasteiger partial charge in [-0.1, -0.05) is 30.4 Å². The van der Waals surface area contributed by atoms with Crippen LogP contribution in [-0.2, 0) is 4.79 Å². The highest BCUT2D eigenvalue weighted by atomic mass is 35.5. The zero-order chi connectivity index (χ0) is 14.8. The molecule has 2 atom stereocenters. The van der Waals surface area contributed by atoms with Gasteiger partial charge in [0, 0.05) is 19.1 Å².